The molecule has 1 saturated carbocycles. The van der Waals surface area contributed by atoms with Crippen molar-refractivity contribution < 1.29 is 4.79 Å². The van der Waals surface area contributed by atoms with E-state index in [2.05, 4.69) is 28.6 Å². The Hall–Kier alpha value is -1.39. The van der Waals surface area contributed by atoms with Gasteiger partial charge in [0.1, 0.15) is 0 Å². The van der Waals surface area contributed by atoms with Crippen LogP contribution in [-0.2, 0) is 11.2 Å². The van der Waals surface area contributed by atoms with Crippen molar-refractivity contribution in [2.45, 2.75) is 37.8 Å². The van der Waals surface area contributed by atoms with Crippen LogP contribution in [0.5, 0.6) is 0 Å². The van der Waals surface area contributed by atoms with Gasteiger partial charge in [-0.1, -0.05) is 18.2 Å². The van der Waals surface area contributed by atoms with Crippen LogP contribution in [0.2, 0.25) is 0 Å². The highest BCUT2D eigenvalue weighted by Crippen LogP contribution is 2.25. The lowest BCUT2D eigenvalue weighted by Gasteiger charge is -2.19. The van der Waals surface area contributed by atoms with Crippen molar-refractivity contribution in [2.75, 3.05) is 25.5 Å². The molecule has 20 heavy (non-hydrogen) atoms. The van der Waals surface area contributed by atoms with Crippen LogP contribution in [0.1, 0.15) is 24.8 Å². The summed E-state index contributed by atoms with van der Waals surface area (Å²) >= 11 is 0. The second-order valence-electron chi connectivity index (χ2n) is 5.90. The maximum absolute atomic E-state index is 12.2. The van der Waals surface area contributed by atoms with Gasteiger partial charge in [0.05, 0.1) is 6.04 Å². The molecule has 2 aliphatic rings. The van der Waals surface area contributed by atoms with Gasteiger partial charge in [0, 0.05) is 24.8 Å². The Kier molecular flexibility index (Phi) is 4.03. The maximum atomic E-state index is 12.2. The van der Waals surface area contributed by atoms with Gasteiger partial charge in [-0.25, -0.2) is 0 Å². The Balaban J connectivity index is 1.52. The van der Waals surface area contributed by atoms with Crippen LogP contribution in [0.3, 0.4) is 0 Å². The molecule has 0 radical (unpaired) electrons. The number of carbonyl (C=O) groups excluding carboxylic acids is 1. The standard InChI is InChI=1S/C16H23N3O/c1-19(13-7-8-13)11-10-17-15-9-6-12-4-2-3-5-14(12)18-16(15)20/h2-5,13,15,17H,6-11H2,1H3,(H,18,20). The lowest BCUT2D eigenvalue weighted by atomic mass is 10.1. The molecule has 1 fully saturated rings. The molecule has 1 atom stereocenters. The van der Waals surface area contributed by atoms with Gasteiger partial charge in [-0.05, 0) is 44.4 Å². The highest BCUT2D eigenvalue weighted by Gasteiger charge is 2.26. The number of aryl methyl sites for hydroxylation is 1. The lowest BCUT2D eigenvalue weighted by molar-refractivity contribution is -0.118. The average Bonchev–Trinajstić information content (AvgIpc) is 3.27. The first-order valence-electron chi connectivity index (χ1n) is 7.56. The number of carbonyl (C=O) groups is 1. The molecule has 0 aromatic heterocycles. The average molecular weight is 273 g/mol. The number of benzene rings is 1. The van der Waals surface area contributed by atoms with Crippen LogP contribution in [0.15, 0.2) is 24.3 Å². The van der Waals surface area contributed by atoms with Crippen molar-refractivity contribution in [1.29, 1.82) is 0 Å². The SMILES string of the molecule is CN(CCNC1CCc2ccccc2NC1=O)C1CC1. The number of fused-ring (bicyclic) bond motifs is 1. The first-order valence-corrected chi connectivity index (χ1v) is 7.56. The topological polar surface area (TPSA) is 44.4 Å². The van der Waals surface area contributed by atoms with Crippen LogP contribution < -0.4 is 10.6 Å². The summed E-state index contributed by atoms with van der Waals surface area (Å²) in [5.41, 5.74) is 2.21. The number of rotatable bonds is 5. The van der Waals surface area contributed by atoms with E-state index in [1.165, 1.54) is 18.4 Å². The van der Waals surface area contributed by atoms with Gasteiger partial charge in [-0.2, -0.15) is 0 Å². The Labute approximate surface area is 120 Å². The van der Waals surface area contributed by atoms with Crippen molar-refractivity contribution in [3.63, 3.8) is 0 Å². The van der Waals surface area contributed by atoms with Crippen molar-refractivity contribution in [3.8, 4) is 0 Å². The predicted molar refractivity (Wildman–Crippen MR) is 80.8 cm³/mol. The van der Waals surface area contributed by atoms with E-state index in [-0.39, 0.29) is 11.9 Å². The Morgan fingerprint density at radius 1 is 1.30 bits per heavy atom. The molecule has 1 aromatic rings. The normalized spacial score (nSPS) is 22.3. The van der Waals surface area contributed by atoms with Crippen LogP contribution in [0.25, 0.3) is 0 Å². The van der Waals surface area contributed by atoms with Crippen LogP contribution >= 0.6 is 0 Å². The number of hydrogen-bond donors (Lipinski definition) is 2. The molecule has 1 aliphatic carbocycles. The largest absolute Gasteiger partial charge is 0.324 e. The minimum absolute atomic E-state index is 0.0741. The molecule has 1 heterocycles. The third kappa shape index (κ3) is 3.19. The fraction of sp³-hybridized carbons (Fsp3) is 0.562. The minimum Gasteiger partial charge on any atom is -0.324 e. The molecule has 1 aliphatic heterocycles. The molecule has 4 heteroatoms. The fourth-order valence-electron chi connectivity index (χ4n) is 2.82. The Morgan fingerprint density at radius 2 is 2.10 bits per heavy atom. The summed E-state index contributed by atoms with van der Waals surface area (Å²) in [6, 6.07) is 8.79. The van der Waals surface area contributed by atoms with Crippen LogP contribution in [-0.4, -0.2) is 43.0 Å². The van der Waals surface area contributed by atoms with Gasteiger partial charge in [0.25, 0.3) is 0 Å². The first kappa shape index (κ1) is 13.6. The summed E-state index contributed by atoms with van der Waals surface area (Å²) in [5, 5.41) is 6.44. The monoisotopic (exact) mass is 273 g/mol. The summed E-state index contributed by atoms with van der Waals surface area (Å²) in [4.78, 5) is 14.6. The zero-order chi connectivity index (χ0) is 13.9. The summed E-state index contributed by atoms with van der Waals surface area (Å²) < 4.78 is 0. The van der Waals surface area contributed by atoms with Crippen LogP contribution in [0, 0.1) is 0 Å². The highest BCUT2D eigenvalue weighted by molar-refractivity contribution is 5.96. The zero-order valence-electron chi connectivity index (χ0n) is 12.1. The Bertz CT molecular complexity index is 484. The predicted octanol–water partition coefficient (Wildman–Crippen LogP) is 1.62. The van der Waals surface area contributed by atoms with E-state index in [9.17, 15) is 4.79 Å². The van der Waals surface area contributed by atoms with Gasteiger partial charge in [-0.3, -0.25) is 4.79 Å². The van der Waals surface area contributed by atoms with E-state index >= 15 is 0 Å². The van der Waals surface area contributed by atoms with E-state index in [0.717, 1.165) is 37.7 Å². The van der Waals surface area contributed by atoms with E-state index in [1.807, 2.05) is 18.2 Å². The van der Waals surface area contributed by atoms with Crippen molar-refractivity contribution >= 4 is 11.6 Å². The van der Waals surface area contributed by atoms with E-state index in [4.69, 9.17) is 0 Å². The molecule has 0 saturated heterocycles. The Morgan fingerprint density at radius 3 is 2.90 bits per heavy atom. The molecule has 2 N–H and O–H groups in total. The lowest BCUT2D eigenvalue weighted by Crippen LogP contribution is -2.43. The first-order chi connectivity index (χ1) is 9.74. The van der Waals surface area contributed by atoms with Crippen LogP contribution in [0.4, 0.5) is 5.69 Å². The molecule has 108 valence electrons. The summed E-state index contributed by atoms with van der Waals surface area (Å²) in [6.07, 6.45) is 4.48. The van der Waals surface area contributed by atoms with Crippen molar-refractivity contribution in [3.05, 3.63) is 29.8 Å². The summed E-state index contributed by atoms with van der Waals surface area (Å²) in [6.45, 7) is 1.89. The molecule has 0 bridgehead atoms. The number of nitrogens with one attached hydrogen (secondary N) is 2. The number of nitrogens with zero attached hydrogens (tertiary/aromatic N) is 1. The van der Waals surface area contributed by atoms with E-state index in [1.54, 1.807) is 0 Å². The zero-order valence-corrected chi connectivity index (χ0v) is 12.1. The van der Waals surface area contributed by atoms with Gasteiger partial charge in [0.2, 0.25) is 5.91 Å². The summed E-state index contributed by atoms with van der Waals surface area (Å²) in [5.74, 6) is 0.101. The molecular weight excluding hydrogens is 250 g/mol. The molecule has 4 nitrogen and oxygen atoms in total. The quantitative estimate of drug-likeness (QED) is 0.857. The number of likely N-dealkylation sites (N-methyl/N-ethyl adjacent to an activating group) is 1. The highest BCUT2D eigenvalue weighted by atomic mass is 16.2. The van der Waals surface area contributed by atoms with Crippen molar-refractivity contribution in [2.24, 2.45) is 0 Å². The third-order valence-corrected chi connectivity index (χ3v) is 4.32. The maximum Gasteiger partial charge on any atom is 0.241 e. The third-order valence-electron chi connectivity index (χ3n) is 4.32. The smallest absolute Gasteiger partial charge is 0.241 e. The number of para-hydroxylation sites is 1. The van der Waals surface area contributed by atoms with Gasteiger partial charge < -0.3 is 15.5 Å². The minimum atomic E-state index is -0.0741. The second kappa shape index (κ2) is 5.94. The molecule has 1 unspecified atom stereocenters. The number of hydrogen-bond acceptors (Lipinski definition) is 3. The van der Waals surface area contributed by atoms with E-state index in [0.29, 0.717) is 0 Å². The number of anilines is 1. The molecule has 0 spiro atoms. The molecule has 3 rings (SSSR count). The molecule has 1 amide bonds. The fourth-order valence-corrected chi connectivity index (χ4v) is 2.82. The summed E-state index contributed by atoms with van der Waals surface area (Å²) in [7, 11) is 2.17. The van der Waals surface area contributed by atoms with Crippen molar-refractivity contribution in [1.82, 2.24) is 10.2 Å². The second-order valence-corrected chi connectivity index (χ2v) is 5.90. The molecular formula is C16H23N3O. The van der Waals surface area contributed by atoms with Gasteiger partial charge >= 0.3 is 0 Å². The van der Waals surface area contributed by atoms with Gasteiger partial charge in [-0.15, -0.1) is 0 Å². The number of amides is 1. The molecule has 1 aromatic carbocycles. The van der Waals surface area contributed by atoms with E-state index < -0.39 is 0 Å². The van der Waals surface area contributed by atoms with Gasteiger partial charge in [0.15, 0.2) is 0 Å².